The van der Waals surface area contributed by atoms with E-state index in [1.54, 1.807) is 6.07 Å². The van der Waals surface area contributed by atoms with Gasteiger partial charge in [-0.1, -0.05) is 30.7 Å². The fraction of sp³-hybridized carbons (Fsp3) is 0.429. The van der Waals surface area contributed by atoms with Gasteiger partial charge < -0.3 is 16.4 Å². The second-order valence-corrected chi connectivity index (χ2v) is 9.81. The van der Waals surface area contributed by atoms with E-state index in [2.05, 4.69) is 39.8 Å². The second kappa shape index (κ2) is 9.22. The van der Waals surface area contributed by atoms with E-state index in [1.165, 1.54) is 36.0 Å². The van der Waals surface area contributed by atoms with Gasteiger partial charge in [0.2, 0.25) is 0 Å². The van der Waals surface area contributed by atoms with Gasteiger partial charge in [-0.2, -0.15) is 0 Å². The van der Waals surface area contributed by atoms with Crippen LogP contribution in [0.3, 0.4) is 0 Å². The van der Waals surface area contributed by atoms with E-state index < -0.39 is 0 Å². The zero-order chi connectivity index (χ0) is 22.9. The number of aryl methyl sites for hydroxylation is 1. The lowest BCUT2D eigenvalue weighted by Gasteiger charge is -2.39. The van der Waals surface area contributed by atoms with Gasteiger partial charge in [-0.25, -0.2) is 4.39 Å². The summed E-state index contributed by atoms with van der Waals surface area (Å²) in [5.41, 5.74) is 14.6. The third kappa shape index (κ3) is 4.51. The predicted molar refractivity (Wildman–Crippen MR) is 135 cm³/mol. The van der Waals surface area contributed by atoms with Crippen LogP contribution in [-0.4, -0.2) is 30.6 Å². The van der Waals surface area contributed by atoms with Gasteiger partial charge in [-0.15, -0.1) is 0 Å². The van der Waals surface area contributed by atoms with Gasteiger partial charge in [-0.3, -0.25) is 4.90 Å². The number of nitrogens with one attached hydrogen (secondary N) is 2. The number of anilines is 1. The molecule has 1 fully saturated rings. The van der Waals surface area contributed by atoms with E-state index in [9.17, 15) is 4.39 Å². The minimum atomic E-state index is -0.215. The van der Waals surface area contributed by atoms with Crippen molar-refractivity contribution in [3.63, 3.8) is 0 Å². The molecule has 1 unspecified atom stereocenters. The number of rotatable bonds is 4. The van der Waals surface area contributed by atoms with E-state index in [4.69, 9.17) is 5.73 Å². The largest absolute Gasteiger partial charge is 0.401 e. The van der Waals surface area contributed by atoms with Crippen molar-refractivity contribution in [3.05, 3.63) is 76.2 Å². The van der Waals surface area contributed by atoms with Crippen molar-refractivity contribution in [2.24, 2.45) is 5.73 Å². The van der Waals surface area contributed by atoms with Gasteiger partial charge >= 0.3 is 0 Å². The van der Waals surface area contributed by atoms with E-state index >= 15 is 0 Å². The first-order chi connectivity index (χ1) is 16.0. The summed E-state index contributed by atoms with van der Waals surface area (Å²) in [5, 5.41) is 7.02. The zero-order valence-corrected chi connectivity index (χ0v) is 19.8. The Balaban J connectivity index is 1.49. The monoisotopic (exact) mass is 446 g/mol. The smallest absolute Gasteiger partial charge is 0.146 e. The lowest BCUT2D eigenvalue weighted by Crippen LogP contribution is -2.42. The highest BCUT2D eigenvalue weighted by Crippen LogP contribution is 2.36. The molecule has 1 saturated carbocycles. The fourth-order valence-corrected chi connectivity index (χ4v) is 5.34. The summed E-state index contributed by atoms with van der Waals surface area (Å²) in [6.45, 7) is 6.89. The van der Waals surface area contributed by atoms with Crippen molar-refractivity contribution in [1.29, 1.82) is 0 Å². The fourth-order valence-electron chi connectivity index (χ4n) is 5.34. The lowest BCUT2D eigenvalue weighted by molar-refractivity contribution is 0.141. The highest BCUT2D eigenvalue weighted by atomic mass is 19.1. The summed E-state index contributed by atoms with van der Waals surface area (Å²) in [4.78, 5) is 2.63. The third-order valence-electron chi connectivity index (χ3n) is 7.48. The van der Waals surface area contributed by atoms with Gasteiger partial charge in [0.05, 0.1) is 17.4 Å². The topological polar surface area (TPSA) is 53.3 Å². The van der Waals surface area contributed by atoms with Crippen LogP contribution in [0.4, 0.5) is 10.1 Å². The lowest BCUT2D eigenvalue weighted by atomic mass is 9.88. The highest BCUT2D eigenvalue weighted by molar-refractivity contribution is 5.75. The van der Waals surface area contributed by atoms with E-state index in [0.29, 0.717) is 5.69 Å². The third-order valence-corrected chi connectivity index (χ3v) is 7.48. The molecule has 5 heteroatoms. The molecule has 2 aromatic rings. The molecule has 2 aliphatic heterocycles. The molecular weight excluding hydrogens is 411 g/mol. The zero-order valence-electron chi connectivity index (χ0n) is 19.8. The van der Waals surface area contributed by atoms with Gasteiger partial charge in [0.1, 0.15) is 5.82 Å². The molecule has 3 aliphatic rings. The first-order valence-corrected chi connectivity index (χ1v) is 12.3. The van der Waals surface area contributed by atoms with Crippen molar-refractivity contribution >= 4 is 17.0 Å². The van der Waals surface area contributed by atoms with Crippen molar-refractivity contribution in [2.75, 3.05) is 25.0 Å². The van der Waals surface area contributed by atoms with Crippen LogP contribution >= 0.6 is 0 Å². The Bertz CT molecular complexity index is 1100. The SMILES string of the molecule is C/C(N)=C1/NCCC(Nc2cc(C)ccc2F)c2cc(C3=CCN(C4CCC4)CC3)ccc21. The first kappa shape index (κ1) is 22.0. The van der Waals surface area contributed by atoms with Crippen molar-refractivity contribution in [2.45, 2.75) is 58.0 Å². The summed E-state index contributed by atoms with van der Waals surface area (Å²) in [6.07, 6.45) is 8.41. The predicted octanol–water partition coefficient (Wildman–Crippen LogP) is 5.57. The quantitative estimate of drug-likeness (QED) is 0.575. The maximum absolute atomic E-state index is 14.6. The number of hydrogen-bond acceptors (Lipinski definition) is 4. The van der Waals surface area contributed by atoms with Crippen LogP contribution in [0.5, 0.6) is 0 Å². The number of nitrogens with two attached hydrogens (primary N) is 1. The summed E-state index contributed by atoms with van der Waals surface area (Å²) in [7, 11) is 0. The number of allylic oxidation sites excluding steroid dienone is 1. The Labute approximate surface area is 196 Å². The summed E-state index contributed by atoms with van der Waals surface area (Å²) in [6, 6.07) is 12.7. The number of fused-ring (bicyclic) bond motifs is 1. The number of nitrogens with zero attached hydrogens (tertiary/aromatic N) is 1. The van der Waals surface area contributed by atoms with Crippen LogP contribution in [0.25, 0.3) is 11.3 Å². The molecule has 2 aromatic carbocycles. The van der Waals surface area contributed by atoms with Crippen LogP contribution in [0.2, 0.25) is 0 Å². The minimum absolute atomic E-state index is 0.00346. The molecule has 1 atom stereocenters. The van der Waals surface area contributed by atoms with Crippen LogP contribution in [0, 0.1) is 12.7 Å². The Hall–Kier alpha value is -2.79. The summed E-state index contributed by atoms with van der Waals surface area (Å²) >= 11 is 0. The molecule has 0 aromatic heterocycles. The van der Waals surface area contributed by atoms with Gasteiger partial charge in [0, 0.05) is 36.9 Å². The Morgan fingerprint density at radius 1 is 1.15 bits per heavy atom. The van der Waals surface area contributed by atoms with E-state index in [1.807, 2.05) is 26.0 Å². The molecular formula is C28H35FN4. The summed E-state index contributed by atoms with van der Waals surface area (Å²) < 4.78 is 14.6. The molecule has 2 heterocycles. The Morgan fingerprint density at radius 2 is 2.00 bits per heavy atom. The van der Waals surface area contributed by atoms with Gasteiger partial charge in [-0.05, 0) is 80.0 Å². The number of hydrogen-bond donors (Lipinski definition) is 3. The molecule has 4 N–H and O–H groups in total. The molecule has 33 heavy (non-hydrogen) atoms. The molecule has 0 saturated heterocycles. The molecule has 174 valence electrons. The van der Waals surface area contributed by atoms with Gasteiger partial charge in [0.25, 0.3) is 0 Å². The van der Waals surface area contributed by atoms with Gasteiger partial charge in [0.15, 0.2) is 0 Å². The standard InChI is InChI=1S/C28H35FN4/c1-18-6-9-25(29)27(16-18)32-26-10-13-31-28(19(2)30)23-8-7-21(17-24(23)26)20-11-14-33(15-12-20)22-4-3-5-22/h6-9,11,16-17,22,26,31-32H,3-5,10,12-15,30H2,1-2H3/b28-19-. The average molecular weight is 447 g/mol. The molecule has 1 aliphatic carbocycles. The molecule has 0 spiro atoms. The molecule has 5 rings (SSSR count). The van der Waals surface area contributed by atoms with E-state index in [0.717, 1.165) is 61.0 Å². The summed E-state index contributed by atoms with van der Waals surface area (Å²) in [5.74, 6) is -0.215. The minimum Gasteiger partial charge on any atom is -0.401 e. The first-order valence-electron chi connectivity index (χ1n) is 12.3. The maximum Gasteiger partial charge on any atom is 0.146 e. The number of halogens is 1. The second-order valence-electron chi connectivity index (χ2n) is 9.81. The normalized spacial score (nSPS) is 23.0. The van der Waals surface area contributed by atoms with Crippen molar-refractivity contribution < 1.29 is 4.39 Å². The molecule has 4 nitrogen and oxygen atoms in total. The maximum atomic E-state index is 14.6. The number of benzene rings is 2. The van der Waals surface area contributed by atoms with Crippen LogP contribution in [-0.2, 0) is 0 Å². The highest BCUT2D eigenvalue weighted by Gasteiger charge is 2.27. The molecule has 0 amide bonds. The molecule has 0 radical (unpaired) electrons. The van der Waals surface area contributed by atoms with Crippen molar-refractivity contribution in [1.82, 2.24) is 10.2 Å². The van der Waals surface area contributed by atoms with Crippen LogP contribution in [0.1, 0.15) is 67.3 Å². The average Bonchev–Trinajstić information content (AvgIpc) is 2.95. The van der Waals surface area contributed by atoms with Crippen LogP contribution in [0.15, 0.2) is 48.2 Å². The molecule has 0 bridgehead atoms. The van der Waals surface area contributed by atoms with E-state index in [-0.39, 0.29) is 11.9 Å². The van der Waals surface area contributed by atoms with Crippen molar-refractivity contribution in [3.8, 4) is 0 Å². The Morgan fingerprint density at radius 3 is 2.70 bits per heavy atom. The van der Waals surface area contributed by atoms with Crippen LogP contribution < -0.4 is 16.4 Å². The Kier molecular flexibility index (Phi) is 6.15.